The zero-order chi connectivity index (χ0) is 19.5. The largest absolute Gasteiger partial charge is 0.495 e. The van der Waals surface area contributed by atoms with Gasteiger partial charge in [0.2, 0.25) is 0 Å². The van der Waals surface area contributed by atoms with E-state index in [1.165, 1.54) is 30.8 Å². The molecule has 1 aromatic heterocycles. The summed E-state index contributed by atoms with van der Waals surface area (Å²) in [7, 11) is -2.52. The second kappa shape index (κ2) is 8.15. The van der Waals surface area contributed by atoms with E-state index in [0.717, 1.165) is 24.8 Å². The van der Waals surface area contributed by atoms with Crippen LogP contribution >= 0.6 is 23.1 Å². The van der Waals surface area contributed by atoms with Crippen LogP contribution in [-0.2, 0) is 22.0 Å². The van der Waals surface area contributed by atoms with Crippen LogP contribution in [0.4, 0.5) is 0 Å². The summed E-state index contributed by atoms with van der Waals surface area (Å²) >= 11 is 7.34. The van der Waals surface area contributed by atoms with Gasteiger partial charge in [-0.3, -0.25) is 3.96 Å². The molecule has 2 aromatic rings. The molecule has 0 unspecified atom stereocenters. The molecule has 0 atom stereocenters. The molecule has 8 heteroatoms. The first kappa shape index (κ1) is 21.0. The van der Waals surface area contributed by atoms with Crippen LogP contribution in [0.15, 0.2) is 33.7 Å². The standard InChI is InChI=1S/C18H25ClN2O3S2/c1-6-7-8-13-12-21(18(2,3)4)25-17(13)20-26(22,23)16-11-14(19)9-10-15(16)24-5/h9-12H,6-8H2,1-5H3/b20-17-. The van der Waals surface area contributed by atoms with E-state index in [1.807, 2.05) is 10.2 Å². The van der Waals surface area contributed by atoms with Gasteiger partial charge in [0.15, 0.2) is 4.67 Å². The SMILES string of the molecule is CCCCc1cn(C(C)(C)C)s/c1=N\S(=O)(=O)c1cc(Cl)ccc1OC. The lowest BCUT2D eigenvalue weighted by atomic mass is 10.1. The van der Waals surface area contributed by atoms with Crippen LogP contribution in [0, 0.1) is 0 Å². The van der Waals surface area contributed by atoms with Crippen molar-refractivity contribution in [1.29, 1.82) is 0 Å². The lowest BCUT2D eigenvalue weighted by molar-refractivity contribution is 0.403. The smallest absolute Gasteiger partial charge is 0.287 e. The summed E-state index contributed by atoms with van der Waals surface area (Å²) in [6.45, 7) is 8.33. The van der Waals surface area contributed by atoms with Crippen molar-refractivity contribution in [3.8, 4) is 5.75 Å². The highest BCUT2D eigenvalue weighted by Gasteiger charge is 2.21. The van der Waals surface area contributed by atoms with Crippen LogP contribution in [0.1, 0.15) is 46.1 Å². The van der Waals surface area contributed by atoms with Crippen molar-refractivity contribution >= 4 is 33.2 Å². The topological polar surface area (TPSA) is 60.7 Å². The molecule has 0 bridgehead atoms. The van der Waals surface area contributed by atoms with Crippen LogP contribution in [-0.4, -0.2) is 19.5 Å². The molecular weight excluding hydrogens is 392 g/mol. The first-order valence-electron chi connectivity index (χ1n) is 8.45. The Morgan fingerprint density at radius 2 is 2.00 bits per heavy atom. The van der Waals surface area contributed by atoms with Crippen molar-refractivity contribution in [2.24, 2.45) is 4.40 Å². The van der Waals surface area contributed by atoms with E-state index in [0.29, 0.717) is 9.69 Å². The minimum atomic E-state index is -3.95. The second-order valence-electron chi connectivity index (χ2n) is 7.01. The highest BCUT2D eigenvalue weighted by molar-refractivity contribution is 7.90. The first-order chi connectivity index (χ1) is 12.1. The van der Waals surface area contributed by atoms with E-state index in [2.05, 4.69) is 32.1 Å². The fourth-order valence-electron chi connectivity index (χ4n) is 2.33. The highest BCUT2D eigenvalue weighted by Crippen LogP contribution is 2.28. The maximum atomic E-state index is 12.9. The number of aromatic nitrogens is 1. The van der Waals surface area contributed by atoms with Gasteiger partial charge in [0.05, 0.1) is 7.11 Å². The quantitative estimate of drug-likeness (QED) is 0.691. The van der Waals surface area contributed by atoms with Crippen molar-refractivity contribution < 1.29 is 13.2 Å². The Morgan fingerprint density at radius 1 is 1.31 bits per heavy atom. The van der Waals surface area contributed by atoms with Crippen molar-refractivity contribution in [3.63, 3.8) is 0 Å². The normalized spacial score (nSPS) is 13.2. The van der Waals surface area contributed by atoms with Crippen LogP contribution < -0.4 is 9.41 Å². The number of methoxy groups -OCH3 is 1. The first-order valence-corrected chi connectivity index (χ1v) is 11.0. The van der Waals surface area contributed by atoms with E-state index in [1.54, 1.807) is 6.07 Å². The maximum Gasteiger partial charge on any atom is 0.287 e. The van der Waals surface area contributed by atoms with Gasteiger partial charge in [-0.2, -0.15) is 8.42 Å². The molecule has 26 heavy (non-hydrogen) atoms. The molecular formula is C18H25ClN2O3S2. The van der Waals surface area contributed by atoms with Gasteiger partial charge in [-0.1, -0.05) is 24.9 Å². The Morgan fingerprint density at radius 3 is 2.58 bits per heavy atom. The molecule has 144 valence electrons. The number of rotatable bonds is 6. The zero-order valence-corrected chi connectivity index (χ0v) is 18.1. The minimum absolute atomic E-state index is 0.0235. The summed E-state index contributed by atoms with van der Waals surface area (Å²) in [6, 6.07) is 4.49. The Labute approximate surface area is 164 Å². The van der Waals surface area contributed by atoms with E-state index in [4.69, 9.17) is 16.3 Å². The van der Waals surface area contributed by atoms with Gasteiger partial charge in [0, 0.05) is 22.3 Å². The molecule has 0 N–H and O–H groups in total. The molecule has 2 rings (SSSR count). The van der Waals surface area contributed by atoms with Crippen LogP contribution in [0.3, 0.4) is 0 Å². The summed E-state index contributed by atoms with van der Waals surface area (Å²) in [6.07, 6.45) is 4.80. The Balaban J connectivity index is 2.63. The van der Waals surface area contributed by atoms with E-state index in [-0.39, 0.29) is 16.2 Å². The highest BCUT2D eigenvalue weighted by atomic mass is 35.5. The fraction of sp³-hybridized carbons (Fsp3) is 0.500. The fourth-order valence-corrected chi connectivity index (χ4v) is 5.02. The molecule has 5 nitrogen and oxygen atoms in total. The second-order valence-corrected chi connectivity index (χ2v) is 9.98. The predicted octanol–water partition coefficient (Wildman–Crippen LogP) is 4.60. The molecule has 0 fully saturated rings. The molecule has 0 saturated heterocycles. The van der Waals surface area contributed by atoms with Gasteiger partial charge < -0.3 is 4.74 Å². The summed E-state index contributed by atoms with van der Waals surface area (Å²) in [5.41, 5.74) is 0.799. The zero-order valence-electron chi connectivity index (χ0n) is 15.7. The lowest BCUT2D eigenvalue weighted by Crippen LogP contribution is -2.18. The Bertz CT molecular complexity index is 938. The summed E-state index contributed by atoms with van der Waals surface area (Å²) in [4.78, 5) is -0.0235. The monoisotopic (exact) mass is 416 g/mol. The van der Waals surface area contributed by atoms with Gasteiger partial charge in [-0.25, -0.2) is 0 Å². The third-order valence-corrected chi connectivity index (χ3v) is 6.82. The Hall–Kier alpha value is -1.31. The number of hydrogen-bond donors (Lipinski definition) is 0. The molecule has 0 amide bonds. The van der Waals surface area contributed by atoms with Crippen molar-refractivity contribution in [3.05, 3.63) is 39.7 Å². The molecule has 0 aliphatic heterocycles. The van der Waals surface area contributed by atoms with Crippen LogP contribution in [0.2, 0.25) is 5.02 Å². The number of aryl methyl sites for hydroxylation is 1. The molecule has 1 aromatic carbocycles. The van der Waals surface area contributed by atoms with Crippen molar-refractivity contribution in [1.82, 2.24) is 3.96 Å². The number of benzene rings is 1. The van der Waals surface area contributed by atoms with Gasteiger partial charge >= 0.3 is 0 Å². The summed E-state index contributed by atoms with van der Waals surface area (Å²) in [5.74, 6) is 0.230. The summed E-state index contributed by atoms with van der Waals surface area (Å²) in [5, 5.41) is 0.321. The van der Waals surface area contributed by atoms with Gasteiger partial charge in [-0.05, 0) is 63.3 Å². The average Bonchev–Trinajstić information content (AvgIpc) is 2.95. The third kappa shape index (κ3) is 4.90. The molecule has 0 spiro atoms. The average molecular weight is 417 g/mol. The number of ether oxygens (including phenoxy) is 1. The van der Waals surface area contributed by atoms with Gasteiger partial charge in [0.25, 0.3) is 10.0 Å². The van der Waals surface area contributed by atoms with E-state index in [9.17, 15) is 8.42 Å². The van der Waals surface area contributed by atoms with Crippen LogP contribution in [0.25, 0.3) is 0 Å². The number of unbranched alkanes of at least 4 members (excludes halogenated alkanes) is 1. The summed E-state index contributed by atoms with van der Waals surface area (Å²) < 4.78 is 37.7. The van der Waals surface area contributed by atoms with Gasteiger partial charge in [0.1, 0.15) is 10.6 Å². The third-order valence-electron chi connectivity index (χ3n) is 3.80. The molecule has 0 radical (unpaired) electrons. The molecule has 0 aliphatic carbocycles. The van der Waals surface area contributed by atoms with Crippen molar-refractivity contribution in [2.45, 2.75) is 57.4 Å². The molecule has 0 aliphatic rings. The predicted molar refractivity (Wildman–Crippen MR) is 107 cm³/mol. The number of halogens is 1. The molecule has 0 saturated carbocycles. The van der Waals surface area contributed by atoms with Crippen molar-refractivity contribution in [2.75, 3.05) is 7.11 Å². The maximum absolute atomic E-state index is 12.9. The number of hydrogen-bond acceptors (Lipinski definition) is 4. The van der Waals surface area contributed by atoms with E-state index >= 15 is 0 Å². The molecule has 1 heterocycles. The number of sulfonamides is 1. The minimum Gasteiger partial charge on any atom is -0.495 e. The van der Waals surface area contributed by atoms with Gasteiger partial charge in [-0.15, -0.1) is 4.40 Å². The Kier molecular flexibility index (Phi) is 6.58. The number of nitrogens with zero attached hydrogens (tertiary/aromatic N) is 2. The van der Waals surface area contributed by atoms with E-state index < -0.39 is 10.0 Å². The van der Waals surface area contributed by atoms with Crippen LogP contribution in [0.5, 0.6) is 5.75 Å². The lowest BCUT2D eigenvalue weighted by Gasteiger charge is -2.19.